The Morgan fingerprint density at radius 1 is 0.944 bits per heavy atom. The summed E-state index contributed by atoms with van der Waals surface area (Å²) in [5.74, 6) is 1.24. The SMILES string of the molecule is CN(CC(CCN1CCC2(CC1)CS(=O)c1ccccc12)c1ccccc1)C(=O)Cc1ccccc1. The van der Waals surface area contributed by atoms with Gasteiger partial charge in [0.2, 0.25) is 5.91 Å². The van der Waals surface area contributed by atoms with Crippen molar-refractivity contribution in [2.24, 2.45) is 0 Å². The van der Waals surface area contributed by atoms with Crippen molar-refractivity contribution < 1.29 is 9.00 Å². The van der Waals surface area contributed by atoms with E-state index < -0.39 is 10.8 Å². The molecule has 4 nitrogen and oxygen atoms in total. The number of fused-ring (bicyclic) bond motifs is 2. The second kappa shape index (κ2) is 11.1. The summed E-state index contributed by atoms with van der Waals surface area (Å²) in [4.78, 5) is 18.5. The van der Waals surface area contributed by atoms with Gasteiger partial charge < -0.3 is 9.80 Å². The van der Waals surface area contributed by atoms with Gasteiger partial charge >= 0.3 is 0 Å². The molecule has 2 heterocycles. The highest BCUT2D eigenvalue weighted by atomic mass is 32.2. The van der Waals surface area contributed by atoms with Crippen LogP contribution in [0, 0.1) is 0 Å². The van der Waals surface area contributed by atoms with Crippen LogP contribution in [0.5, 0.6) is 0 Å². The van der Waals surface area contributed by atoms with E-state index >= 15 is 0 Å². The van der Waals surface area contributed by atoms with Gasteiger partial charge in [0.25, 0.3) is 0 Å². The number of hydrogen-bond acceptors (Lipinski definition) is 3. The standard InChI is InChI=1S/C31H36N2O2S/c1-32(30(34)22-25-10-4-2-5-11-25)23-27(26-12-6-3-7-13-26)16-19-33-20-17-31(18-21-33)24-36(35)29-15-9-8-14-28(29)31/h2-15,27H,16-24H2,1H3. The smallest absolute Gasteiger partial charge is 0.226 e. The monoisotopic (exact) mass is 500 g/mol. The molecule has 2 unspecified atom stereocenters. The molecule has 0 aromatic heterocycles. The number of nitrogens with zero attached hydrogens (tertiary/aromatic N) is 2. The fraction of sp³-hybridized carbons (Fsp3) is 0.387. The van der Waals surface area contributed by atoms with Crippen LogP contribution in [0.3, 0.4) is 0 Å². The summed E-state index contributed by atoms with van der Waals surface area (Å²) in [5, 5.41) is 0. The van der Waals surface area contributed by atoms with E-state index in [0.29, 0.717) is 12.3 Å². The van der Waals surface area contributed by atoms with Crippen molar-refractivity contribution in [3.63, 3.8) is 0 Å². The maximum atomic E-state index is 12.9. The average molecular weight is 501 g/mol. The van der Waals surface area contributed by atoms with Crippen LogP contribution in [0.1, 0.15) is 41.9 Å². The molecule has 2 aliphatic heterocycles. The molecule has 1 spiro atoms. The third-order valence-corrected chi connectivity index (χ3v) is 9.77. The molecule has 1 amide bonds. The van der Waals surface area contributed by atoms with E-state index in [1.807, 2.05) is 54.4 Å². The van der Waals surface area contributed by atoms with Crippen molar-refractivity contribution in [2.75, 3.05) is 39.0 Å². The van der Waals surface area contributed by atoms with E-state index in [2.05, 4.69) is 47.4 Å². The van der Waals surface area contributed by atoms with Gasteiger partial charge in [0.05, 0.1) is 17.2 Å². The Balaban J connectivity index is 1.20. The number of hydrogen-bond donors (Lipinski definition) is 0. The molecule has 1 fully saturated rings. The number of carbonyl (C=O) groups is 1. The zero-order valence-electron chi connectivity index (χ0n) is 21.1. The Kier molecular flexibility index (Phi) is 7.68. The van der Waals surface area contributed by atoms with Crippen LogP contribution in [-0.2, 0) is 27.4 Å². The van der Waals surface area contributed by atoms with Crippen molar-refractivity contribution in [1.82, 2.24) is 9.80 Å². The van der Waals surface area contributed by atoms with Crippen LogP contribution in [0.25, 0.3) is 0 Å². The zero-order valence-corrected chi connectivity index (χ0v) is 22.0. The van der Waals surface area contributed by atoms with Gasteiger partial charge in [0.15, 0.2) is 0 Å². The normalized spacial score (nSPS) is 19.6. The molecular formula is C31H36N2O2S. The number of likely N-dealkylation sites (tertiary alicyclic amines) is 1. The first-order chi connectivity index (χ1) is 17.5. The van der Waals surface area contributed by atoms with Crippen molar-refractivity contribution in [2.45, 2.75) is 41.9 Å². The third-order valence-electron chi connectivity index (χ3n) is 8.11. The second-order valence-electron chi connectivity index (χ2n) is 10.4. The molecule has 2 atom stereocenters. The predicted octanol–water partition coefficient (Wildman–Crippen LogP) is 5.02. The molecule has 188 valence electrons. The molecule has 3 aromatic carbocycles. The summed E-state index contributed by atoms with van der Waals surface area (Å²) in [6.45, 7) is 3.81. The summed E-state index contributed by atoms with van der Waals surface area (Å²) in [6.07, 6.45) is 3.60. The minimum absolute atomic E-state index is 0.0842. The fourth-order valence-electron chi connectivity index (χ4n) is 5.89. The van der Waals surface area contributed by atoms with E-state index in [9.17, 15) is 9.00 Å². The van der Waals surface area contributed by atoms with Gasteiger partial charge in [0.1, 0.15) is 0 Å². The Bertz CT molecular complexity index is 1190. The molecule has 36 heavy (non-hydrogen) atoms. The molecule has 2 aliphatic rings. The largest absolute Gasteiger partial charge is 0.345 e. The summed E-state index contributed by atoms with van der Waals surface area (Å²) >= 11 is 0. The number of piperidine rings is 1. The van der Waals surface area contributed by atoms with Crippen molar-refractivity contribution in [3.05, 3.63) is 102 Å². The molecule has 0 radical (unpaired) electrons. The number of carbonyl (C=O) groups excluding carboxylic acids is 1. The molecule has 0 aliphatic carbocycles. The minimum atomic E-state index is -0.864. The predicted molar refractivity (Wildman–Crippen MR) is 147 cm³/mol. The molecule has 0 saturated carbocycles. The number of likely N-dealkylation sites (N-methyl/N-ethyl adjacent to an activating group) is 1. The quantitative estimate of drug-likeness (QED) is 0.436. The second-order valence-corrected chi connectivity index (χ2v) is 11.9. The van der Waals surface area contributed by atoms with Crippen molar-refractivity contribution in [3.8, 4) is 0 Å². The van der Waals surface area contributed by atoms with Gasteiger partial charge in [-0.2, -0.15) is 0 Å². The number of amides is 1. The zero-order chi connectivity index (χ0) is 25.0. The topological polar surface area (TPSA) is 40.6 Å². The van der Waals surface area contributed by atoms with Crippen LogP contribution in [0.4, 0.5) is 0 Å². The van der Waals surface area contributed by atoms with Crippen LogP contribution in [0.15, 0.2) is 89.8 Å². The summed E-state index contributed by atoms with van der Waals surface area (Å²) in [7, 11) is 1.07. The highest BCUT2D eigenvalue weighted by Crippen LogP contribution is 2.44. The summed E-state index contributed by atoms with van der Waals surface area (Å²) in [6, 6.07) is 29.0. The Labute approximate surface area is 217 Å². The lowest BCUT2D eigenvalue weighted by atomic mass is 9.74. The van der Waals surface area contributed by atoms with Gasteiger partial charge in [-0.1, -0.05) is 78.9 Å². The van der Waals surface area contributed by atoms with E-state index in [0.717, 1.165) is 61.7 Å². The third kappa shape index (κ3) is 5.47. The minimum Gasteiger partial charge on any atom is -0.345 e. The van der Waals surface area contributed by atoms with E-state index in [-0.39, 0.29) is 11.3 Å². The Morgan fingerprint density at radius 2 is 1.58 bits per heavy atom. The summed E-state index contributed by atoms with van der Waals surface area (Å²) in [5.41, 5.74) is 3.76. The van der Waals surface area contributed by atoms with E-state index in [1.165, 1.54) is 11.1 Å². The van der Waals surface area contributed by atoms with Gasteiger partial charge in [0, 0.05) is 35.6 Å². The molecular weight excluding hydrogens is 464 g/mol. The highest BCUT2D eigenvalue weighted by Gasteiger charge is 2.44. The maximum absolute atomic E-state index is 12.9. The molecule has 5 rings (SSSR count). The highest BCUT2D eigenvalue weighted by molar-refractivity contribution is 7.85. The number of rotatable bonds is 8. The maximum Gasteiger partial charge on any atom is 0.226 e. The molecule has 0 bridgehead atoms. The van der Waals surface area contributed by atoms with Crippen LogP contribution < -0.4 is 0 Å². The average Bonchev–Trinajstić information content (AvgIpc) is 3.19. The fourth-order valence-corrected chi connectivity index (χ4v) is 7.75. The van der Waals surface area contributed by atoms with Crippen LogP contribution >= 0.6 is 0 Å². The lowest BCUT2D eigenvalue weighted by molar-refractivity contribution is -0.129. The summed E-state index contributed by atoms with van der Waals surface area (Å²) < 4.78 is 12.7. The van der Waals surface area contributed by atoms with E-state index in [4.69, 9.17) is 0 Å². The van der Waals surface area contributed by atoms with Crippen molar-refractivity contribution in [1.29, 1.82) is 0 Å². The lowest BCUT2D eigenvalue weighted by Crippen LogP contribution is -2.44. The molecule has 1 saturated heterocycles. The molecule has 0 N–H and O–H groups in total. The molecule has 3 aromatic rings. The van der Waals surface area contributed by atoms with Gasteiger partial charge in [-0.3, -0.25) is 9.00 Å². The van der Waals surface area contributed by atoms with Crippen LogP contribution in [-0.4, -0.2) is 58.9 Å². The van der Waals surface area contributed by atoms with E-state index in [1.54, 1.807) is 0 Å². The first-order valence-electron chi connectivity index (χ1n) is 13.1. The lowest BCUT2D eigenvalue weighted by Gasteiger charge is -2.40. The number of benzene rings is 3. The first-order valence-corrected chi connectivity index (χ1v) is 14.4. The molecule has 5 heteroatoms. The Hall–Kier alpha value is -2.76. The van der Waals surface area contributed by atoms with Gasteiger partial charge in [-0.05, 0) is 61.7 Å². The van der Waals surface area contributed by atoms with Crippen molar-refractivity contribution >= 4 is 16.7 Å². The first kappa shape index (κ1) is 24.9. The van der Waals surface area contributed by atoms with Gasteiger partial charge in [-0.25, -0.2) is 0 Å². The van der Waals surface area contributed by atoms with Crippen LogP contribution in [0.2, 0.25) is 0 Å². The van der Waals surface area contributed by atoms with Gasteiger partial charge in [-0.15, -0.1) is 0 Å². The Morgan fingerprint density at radius 3 is 2.31 bits per heavy atom.